The molecule has 0 spiro atoms. The molecule has 2 aromatic rings. The maximum atomic E-state index is 14.1. The van der Waals surface area contributed by atoms with Crippen LogP contribution in [-0.2, 0) is 6.54 Å². The van der Waals surface area contributed by atoms with Gasteiger partial charge in [-0.3, -0.25) is 9.80 Å². The van der Waals surface area contributed by atoms with Crippen LogP contribution in [0, 0.1) is 11.6 Å². The van der Waals surface area contributed by atoms with Crippen molar-refractivity contribution in [2.24, 2.45) is 0 Å². The molecule has 6 heteroatoms. The third-order valence-electron chi connectivity index (χ3n) is 5.95. The summed E-state index contributed by atoms with van der Waals surface area (Å²) in [6.07, 6.45) is 2.30. The van der Waals surface area contributed by atoms with Crippen LogP contribution in [0.3, 0.4) is 0 Å². The molecule has 2 saturated heterocycles. The minimum atomic E-state index is -0.220. The summed E-state index contributed by atoms with van der Waals surface area (Å²) in [5.41, 5.74) is 1.69. The molecule has 28 heavy (non-hydrogen) atoms. The van der Waals surface area contributed by atoms with Crippen LogP contribution < -0.4 is 4.90 Å². The number of nitrogens with zero attached hydrogens (tertiary/aromatic N) is 3. The lowest BCUT2D eigenvalue weighted by Gasteiger charge is -2.44. The van der Waals surface area contributed by atoms with Crippen molar-refractivity contribution in [3.8, 4) is 0 Å². The van der Waals surface area contributed by atoms with Crippen molar-refractivity contribution < 1.29 is 8.78 Å². The zero-order valence-electron chi connectivity index (χ0n) is 16.0. The molecule has 3 nitrogen and oxygen atoms in total. The number of rotatable bonds is 4. The minimum Gasteiger partial charge on any atom is -0.369 e. The first kappa shape index (κ1) is 19.6. The quantitative estimate of drug-likeness (QED) is 0.746. The number of hydrogen-bond acceptors (Lipinski definition) is 3. The lowest BCUT2D eigenvalue weighted by molar-refractivity contribution is 0.0882. The molecule has 2 fully saturated rings. The van der Waals surface area contributed by atoms with E-state index < -0.39 is 0 Å². The topological polar surface area (TPSA) is 9.72 Å². The molecule has 0 saturated carbocycles. The van der Waals surface area contributed by atoms with E-state index in [9.17, 15) is 8.78 Å². The second-order valence-corrected chi connectivity index (χ2v) is 8.14. The number of piperidine rings is 1. The number of halogens is 3. The Balaban J connectivity index is 1.33. The molecular formula is C22H26ClF2N3. The standard InChI is InChI=1S/C22H26ClF2N3/c23-21-4-1-5-22(25)20(21)16-26-10-2-3-19(15-26)28-13-11-27(12-14-28)18-8-6-17(24)7-9-18/h1,4-9,19H,2-3,10-16H2/t19-/m1/s1. The summed E-state index contributed by atoms with van der Waals surface area (Å²) in [5.74, 6) is -0.415. The highest BCUT2D eigenvalue weighted by molar-refractivity contribution is 6.31. The number of anilines is 1. The molecule has 2 aliphatic heterocycles. The van der Waals surface area contributed by atoms with E-state index in [1.807, 2.05) is 12.1 Å². The predicted molar refractivity (Wildman–Crippen MR) is 110 cm³/mol. The van der Waals surface area contributed by atoms with Gasteiger partial charge in [0.25, 0.3) is 0 Å². The van der Waals surface area contributed by atoms with Gasteiger partial charge in [0.05, 0.1) is 0 Å². The monoisotopic (exact) mass is 405 g/mol. The highest BCUT2D eigenvalue weighted by Gasteiger charge is 2.28. The summed E-state index contributed by atoms with van der Waals surface area (Å²) in [6, 6.07) is 12.1. The van der Waals surface area contributed by atoms with Crippen LogP contribution in [0.4, 0.5) is 14.5 Å². The predicted octanol–water partition coefficient (Wildman–Crippen LogP) is 4.40. The average Bonchev–Trinajstić information content (AvgIpc) is 2.72. The Morgan fingerprint density at radius 3 is 2.39 bits per heavy atom. The summed E-state index contributed by atoms with van der Waals surface area (Å²) >= 11 is 6.21. The van der Waals surface area contributed by atoms with Crippen LogP contribution in [0.2, 0.25) is 5.02 Å². The molecule has 2 aromatic carbocycles. The van der Waals surface area contributed by atoms with Gasteiger partial charge in [0.1, 0.15) is 11.6 Å². The Bertz CT molecular complexity index is 771. The van der Waals surface area contributed by atoms with Gasteiger partial charge in [0.2, 0.25) is 0 Å². The van der Waals surface area contributed by atoms with E-state index in [4.69, 9.17) is 11.6 Å². The molecule has 0 radical (unpaired) electrons. The number of piperazine rings is 1. The minimum absolute atomic E-state index is 0.195. The summed E-state index contributed by atoms with van der Waals surface area (Å²) in [4.78, 5) is 7.19. The van der Waals surface area contributed by atoms with Crippen LogP contribution in [0.25, 0.3) is 0 Å². The summed E-state index contributed by atoms with van der Waals surface area (Å²) in [5, 5.41) is 0.509. The third-order valence-corrected chi connectivity index (χ3v) is 6.30. The zero-order valence-corrected chi connectivity index (χ0v) is 16.7. The summed E-state index contributed by atoms with van der Waals surface area (Å²) in [7, 11) is 0. The number of likely N-dealkylation sites (tertiary alicyclic amines) is 1. The van der Waals surface area contributed by atoms with E-state index in [1.165, 1.54) is 24.6 Å². The fraction of sp³-hybridized carbons (Fsp3) is 0.455. The van der Waals surface area contributed by atoms with Gasteiger partial charge in [-0.15, -0.1) is 0 Å². The molecular weight excluding hydrogens is 380 g/mol. The van der Waals surface area contributed by atoms with Gasteiger partial charge in [0.15, 0.2) is 0 Å². The third kappa shape index (κ3) is 4.48. The van der Waals surface area contributed by atoms with Crippen LogP contribution in [0.5, 0.6) is 0 Å². The highest BCUT2D eigenvalue weighted by atomic mass is 35.5. The van der Waals surface area contributed by atoms with Crippen LogP contribution in [-0.4, -0.2) is 55.1 Å². The van der Waals surface area contributed by atoms with Crippen LogP contribution >= 0.6 is 11.6 Å². The average molecular weight is 406 g/mol. The number of benzene rings is 2. The molecule has 2 heterocycles. The van der Waals surface area contributed by atoms with Gasteiger partial charge in [0, 0.05) is 61.6 Å². The highest BCUT2D eigenvalue weighted by Crippen LogP contribution is 2.25. The van der Waals surface area contributed by atoms with Gasteiger partial charge in [-0.2, -0.15) is 0 Å². The molecule has 0 unspecified atom stereocenters. The van der Waals surface area contributed by atoms with Gasteiger partial charge < -0.3 is 4.90 Å². The largest absolute Gasteiger partial charge is 0.369 e. The van der Waals surface area contributed by atoms with Gasteiger partial charge >= 0.3 is 0 Å². The molecule has 150 valence electrons. The Morgan fingerprint density at radius 2 is 1.68 bits per heavy atom. The van der Waals surface area contributed by atoms with E-state index in [1.54, 1.807) is 12.1 Å². The lowest BCUT2D eigenvalue weighted by Crippen LogP contribution is -2.55. The van der Waals surface area contributed by atoms with Crippen molar-refractivity contribution >= 4 is 17.3 Å². The molecule has 0 bridgehead atoms. The van der Waals surface area contributed by atoms with Crippen molar-refractivity contribution in [3.63, 3.8) is 0 Å². The first-order valence-corrected chi connectivity index (χ1v) is 10.4. The van der Waals surface area contributed by atoms with E-state index in [-0.39, 0.29) is 11.6 Å². The molecule has 0 amide bonds. The zero-order chi connectivity index (χ0) is 19.5. The van der Waals surface area contributed by atoms with E-state index in [0.717, 1.165) is 51.4 Å². The van der Waals surface area contributed by atoms with Crippen molar-refractivity contribution in [1.29, 1.82) is 0 Å². The van der Waals surface area contributed by atoms with Crippen molar-refractivity contribution in [2.75, 3.05) is 44.2 Å². The van der Waals surface area contributed by atoms with Gasteiger partial charge in [-0.05, 0) is 55.8 Å². The molecule has 2 aliphatic rings. The fourth-order valence-corrected chi connectivity index (χ4v) is 4.60. The second kappa shape index (κ2) is 8.76. The second-order valence-electron chi connectivity index (χ2n) is 7.73. The molecule has 4 rings (SSSR count). The molecule has 0 aromatic heterocycles. The normalized spacial score (nSPS) is 21.8. The smallest absolute Gasteiger partial charge is 0.129 e. The first-order chi connectivity index (χ1) is 13.6. The van der Waals surface area contributed by atoms with Gasteiger partial charge in [-0.1, -0.05) is 17.7 Å². The van der Waals surface area contributed by atoms with Crippen molar-refractivity contribution in [3.05, 3.63) is 64.7 Å². The van der Waals surface area contributed by atoms with E-state index in [0.29, 0.717) is 23.2 Å². The Morgan fingerprint density at radius 1 is 0.929 bits per heavy atom. The molecule has 0 N–H and O–H groups in total. The van der Waals surface area contributed by atoms with Crippen LogP contribution in [0.15, 0.2) is 42.5 Å². The Labute approximate surface area is 170 Å². The van der Waals surface area contributed by atoms with E-state index in [2.05, 4.69) is 14.7 Å². The first-order valence-electron chi connectivity index (χ1n) is 10.00. The summed E-state index contributed by atoms with van der Waals surface area (Å²) < 4.78 is 27.3. The van der Waals surface area contributed by atoms with Crippen molar-refractivity contribution in [2.45, 2.75) is 25.4 Å². The lowest BCUT2D eigenvalue weighted by atomic mass is 10.0. The number of hydrogen-bond donors (Lipinski definition) is 0. The maximum absolute atomic E-state index is 14.1. The van der Waals surface area contributed by atoms with Crippen LogP contribution in [0.1, 0.15) is 18.4 Å². The summed E-state index contributed by atoms with van der Waals surface area (Å²) in [6.45, 7) is 6.38. The fourth-order valence-electron chi connectivity index (χ4n) is 4.38. The SMILES string of the molecule is Fc1ccc(N2CCN([C@@H]3CCCN(Cc4c(F)cccc4Cl)C3)CC2)cc1. The Hall–Kier alpha value is -1.69. The van der Waals surface area contributed by atoms with E-state index >= 15 is 0 Å². The van der Waals surface area contributed by atoms with Gasteiger partial charge in [-0.25, -0.2) is 8.78 Å². The van der Waals surface area contributed by atoms with Crippen molar-refractivity contribution in [1.82, 2.24) is 9.80 Å². The molecule has 0 aliphatic carbocycles. The molecule has 1 atom stereocenters. The maximum Gasteiger partial charge on any atom is 0.129 e. The Kier molecular flexibility index (Phi) is 6.14.